The highest BCUT2D eigenvalue weighted by atomic mass is 32.1. The van der Waals surface area contributed by atoms with E-state index in [1.807, 2.05) is 7.05 Å². The number of aromatic nitrogens is 3. The third-order valence-electron chi connectivity index (χ3n) is 2.50. The van der Waals surface area contributed by atoms with Crippen molar-refractivity contribution in [1.82, 2.24) is 25.2 Å². The standard InChI is InChI=1S/C11H13N5O3S/c1-16-3-2-12-8(16)4-13-11(19)14-5-9-15-7(6-20-9)10(17)18/h2-3,6H,4-5H2,1H3,(H,17,18)(H2,13,14,19). The van der Waals surface area contributed by atoms with Crippen molar-refractivity contribution in [3.63, 3.8) is 0 Å². The van der Waals surface area contributed by atoms with Gasteiger partial charge >= 0.3 is 12.0 Å². The number of imidazole rings is 1. The molecule has 20 heavy (non-hydrogen) atoms. The van der Waals surface area contributed by atoms with Crippen LogP contribution in [0.2, 0.25) is 0 Å². The van der Waals surface area contributed by atoms with E-state index in [1.54, 1.807) is 17.0 Å². The number of aryl methyl sites for hydroxylation is 1. The number of hydrogen-bond acceptors (Lipinski definition) is 5. The molecule has 0 radical (unpaired) electrons. The molecular weight excluding hydrogens is 282 g/mol. The Hall–Kier alpha value is -2.42. The maximum absolute atomic E-state index is 11.6. The Kier molecular flexibility index (Phi) is 4.31. The van der Waals surface area contributed by atoms with Crippen molar-refractivity contribution in [2.24, 2.45) is 7.05 Å². The van der Waals surface area contributed by atoms with Crippen LogP contribution in [0.5, 0.6) is 0 Å². The Bertz CT molecular complexity index is 621. The number of aromatic carboxylic acids is 1. The Labute approximate surface area is 118 Å². The summed E-state index contributed by atoms with van der Waals surface area (Å²) in [6.07, 6.45) is 3.44. The van der Waals surface area contributed by atoms with Crippen molar-refractivity contribution >= 4 is 23.3 Å². The molecule has 2 aromatic heterocycles. The molecule has 0 fully saturated rings. The molecule has 0 spiro atoms. The van der Waals surface area contributed by atoms with Crippen molar-refractivity contribution < 1.29 is 14.7 Å². The largest absolute Gasteiger partial charge is 0.476 e. The molecule has 8 nitrogen and oxygen atoms in total. The summed E-state index contributed by atoms with van der Waals surface area (Å²) < 4.78 is 1.81. The summed E-state index contributed by atoms with van der Waals surface area (Å²) in [7, 11) is 1.84. The molecular formula is C11H13N5O3S. The van der Waals surface area contributed by atoms with Crippen LogP contribution in [0.15, 0.2) is 17.8 Å². The van der Waals surface area contributed by atoms with Crippen molar-refractivity contribution in [2.75, 3.05) is 0 Å². The fourth-order valence-electron chi connectivity index (χ4n) is 1.43. The van der Waals surface area contributed by atoms with Crippen LogP contribution in [-0.4, -0.2) is 31.6 Å². The lowest BCUT2D eigenvalue weighted by Gasteiger charge is -2.06. The molecule has 0 bridgehead atoms. The number of rotatable bonds is 5. The minimum atomic E-state index is -1.08. The Morgan fingerprint density at radius 3 is 2.75 bits per heavy atom. The summed E-state index contributed by atoms with van der Waals surface area (Å²) in [5.74, 6) is -0.339. The second-order valence-electron chi connectivity index (χ2n) is 3.92. The van der Waals surface area contributed by atoms with Gasteiger partial charge in [-0.2, -0.15) is 0 Å². The molecule has 0 aromatic carbocycles. The average Bonchev–Trinajstić information content (AvgIpc) is 3.03. The van der Waals surface area contributed by atoms with E-state index in [-0.39, 0.29) is 18.3 Å². The zero-order valence-electron chi connectivity index (χ0n) is 10.7. The van der Waals surface area contributed by atoms with Crippen LogP contribution < -0.4 is 10.6 Å². The molecule has 106 valence electrons. The van der Waals surface area contributed by atoms with E-state index in [2.05, 4.69) is 20.6 Å². The topological polar surface area (TPSA) is 109 Å². The average molecular weight is 295 g/mol. The molecule has 0 aliphatic rings. The molecule has 0 aliphatic carbocycles. The van der Waals surface area contributed by atoms with Gasteiger partial charge in [-0.05, 0) is 0 Å². The van der Waals surface area contributed by atoms with Crippen molar-refractivity contribution in [3.8, 4) is 0 Å². The van der Waals surface area contributed by atoms with Crippen molar-refractivity contribution in [1.29, 1.82) is 0 Å². The number of nitrogens with zero attached hydrogens (tertiary/aromatic N) is 3. The van der Waals surface area contributed by atoms with Crippen LogP contribution in [0.3, 0.4) is 0 Å². The van der Waals surface area contributed by atoms with Gasteiger partial charge in [0.1, 0.15) is 10.8 Å². The van der Waals surface area contributed by atoms with Crippen LogP contribution in [0.1, 0.15) is 21.3 Å². The molecule has 0 aliphatic heterocycles. The number of urea groups is 1. The molecule has 9 heteroatoms. The lowest BCUT2D eigenvalue weighted by molar-refractivity contribution is 0.0691. The SMILES string of the molecule is Cn1ccnc1CNC(=O)NCc1nc(C(=O)O)cs1. The molecule has 0 unspecified atom stereocenters. The zero-order valence-corrected chi connectivity index (χ0v) is 11.5. The first-order chi connectivity index (χ1) is 9.56. The first kappa shape index (κ1) is 14.0. The number of hydrogen-bond donors (Lipinski definition) is 3. The van der Waals surface area contributed by atoms with Gasteiger partial charge in [-0.25, -0.2) is 19.6 Å². The van der Waals surface area contributed by atoms with Crippen molar-refractivity contribution in [3.05, 3.63) is 34.3 Å². The minimum absolute atomic E-state index is 0.0137. The molecule has 2 rings (SSSR count). The van der Waals surface area contributed by atoms with Crippen LogP contribution in [0.4, 0.5) is 4.79 Å². The van der Waals surface area contributed by atoms with E-state index < -0.39 is 5.97 Å². The highest BCUT2D eigenvalue weighted by Gasteiger charge is 2.09. The summed E-state index contributed by atoms with van der Waals surface area (Å²) in [6.45, 7) is 0.498. The number of carbonyl (C=O) groups is 2. The quantitative estimate of drug-likeness (QED) is 0.747. The first-order valence-corrected chi connectivity index (χ1v) is 6.60. The van der Waals surface area contributed by atoms with Gasteiger partial charge in [-0.1, -0.05) is 0 Å². The minimum Gasteiger partial charge on any atom is -0.476 e. The normalized spacial score (nSPS) is 10.2. The number of thiazole rings is 1. The Morgan fingerprint density at radius 1 is 1.40 bits per heavy atom. The summed E-state index contributed by atoms with van der Waals surface area (Å²) in [5.41, 5.74) is -0.0137. The molecule has 0 saturated heterocycles. The second-order valence-corrected chi connectivity index (χ2v) is 4.86. The predicted molar refractivity (Wildman–Crippen MR) is 71.4 cm³/mol. The smallest absolute Gasteiger partial charge is 0.355 e. The summed E-state index contributed by atoms with van der Waals surface area (Å²) in [5, 5.41) is 16.0. The summed E-state index contributed by atoms with van der Waals surface area (Å²) in [6, 6.07) is -0.361. The zero-order chi connectivity index (χ0) is 14.5. The van der Waals surface area contributed by atoms with E-state index >= 15 is 0 Å². The van der Waals surface area contributed by atoms with Gasteiger partial charge in [0.15, 0.2) is 5.69 Å². The highest BCUT2D eigenvalue weighted by Crippen LogP contribution is 2.09. The number of carbonyl (C=O) groups excluding carboxylic acids is 1. The van der Waals surface area contributed by atoms with Crippen LogP contribution >= 0.6 is 11.3 Å². The van der Waals surface area contributed by atoms with E-state index in [4.69, 9.17) is 5.11 Å². The van der Waals surface area contributed by atoms with E-state index in [9.17, 15) is 9.59 Å². The Balaban J connectivity index is 1.77. The third-order valence-corrected chi connectivity index (χ3v) is 3.35. The molecule has 2 amide bonds. The number of amides is 2. The van der Waals surface area contributed by atoms with Crippen molar-refractivity contribution in [2.45, 2.75) is 13.1 Å². The Morgan fingerprint density at radius 2 is 2.15 bits per heavy atom. The van der Waals surface area contributed by atoms with Crippen LogP contribution in [0.25, 0.3) is 0 Å². The highest BCUT2D eigenvalue weighted by molar-refractivity contribution is 7.09. The van der Waals surface area contributed by atoms with Crippen LogP contribution in [0, 0.1) is 0 Å². The van der Waals surface area contributed by atoms with E-state index in [0.29, 0.717) is 11.6 Å². The number of carboxylic acid groups (broad SMARTS) is 1. The van der Waals surface area contributed by atoms with Gasteiger partial charge in [0.05, 0.1) is 13.1 Å². The molecule has 2 aromatic rings. The second kappa shape index (κ2) is 6.15. The van der Waals surface area contributed by atoms with Gasteiger partial charge in [-0.3, -0.25) is 0 Å². The predicted octanol–water partition coefficient (Wildman–Crippen LogP) is 0.574. The fraction of sp³-hybridized carbons (Fsp3) is 0.273. The van der Waals surface area contributed by atoms with Gasteiger partial charge in [0.25, 0.3) is 0 Å². The number of carboxylic acids is 1. The monoisotopic (exact) mass is 295 g/mol. The van der Waals surface area contributed by atoms with Gasteiger partial charge in [0.2, 0.25) is 0 Å². The van der Waals surface area contributed by atoms with E-state index in [1.165, 1.54) is 16.7 Å². The van der Waals surface area contributed by atoms with Gasteiger partial charge < -0.3 is 20.3 Å². The third kappa shape index (κ3) is 3.54. The molecule has 3 N–H and O–H groups in total. The summed E-state index contributed by atoms with van der Waals surface area (Å²) >= 11 is 1.19. The first-order valence-electron chi connectivity index (χ1n) is 5.72. The molecule has 2 heterocycles. The molecule has 0 atom stereocenters. The van der Waals surface area contributed by atoms with E-state index in [0.717, 1.165) is 5.82 Å². The molecule has 0 saturated carbocycles. The maximum atomic E-state index is 11.6. The van der Waals surface area contributed by atoms with Crippen LogP contribution in [-0.2, 0) is 20.1 Å². The van der Waals surface area contributed by atoms with Gasteiger partial charge in [-0.15, -0.1) is 11.3 Å². The lowest BCUT2D eigenvalue weighted by Crippen LogP contribution is -2.35. The number of nitrogens with one attached hydrogen (secondary N) is 2. The lowest BCUT2D eigenvalue weighted by atomic mass is 10.5. The fourth-order valence-corrected chi connectivity index (χ4v) is 2.14. The maximum Gasteiger partial charge on any atom is 0.355 e. The summed E-state index contributed by atoms with van der Waals surface area (Å²) in [4.78, 5) is 30.2. The van der Waals surface area contributed by atoms with Gasteiger partial charge in [0, 0.05) is 24.8 Å².